The van der Waals surface area contributed by atoms with Crippen molar-refractivity contribution in [2.75, 3.05) is 6.61 Å². The van der Waals surface area contributed by atoms with Gasteiger partial charge < -0.3 is 5.32 Å². The molecular formula is C14H21ClN2O2. The first kappa shape index (κ1) is 17.5. The molecule has 0 spiro atoms. The molecule has 19 heavy (non-hydrogen) atoms. The molecule has 0 aromatic carbocycles. The normalized spacial score (nSPS) is 11.9. The molecule has 0 radical (unpaired) electrons. The molecule has 4 nitrogen and oxygen atoms in total. The topological polar surface area (TPSA) is 50.4 Å². The molecule has 0 saturated carbocycles. The summed E-state index contributed by atoms with van der Waals surface area (Å²) in [5, 5.41) is 3.34. The molecule has 0 atom stereocenters. The van der Waals surface area contributed by atoms with E-state index in [1.54, 1.807) is 12.2 Å². The number of nitrogens with one attached hydrogen (secondary N) is 2. The average Bonchev–Trinajstić information content (AvgIpc) is 2.35. The largest absolute Gasteiger partial charge is 0.362 e. The number of allylic oxidation sites excluding steroid dienone is 3. The fourth-order valence-electron chi connectivity index (χ4n) is 1.22. The molecule has 0 bridgehead atoms. The third kappa shape index (κ3) is 7.49. The van der Waals surface area contributed by atoms with Crippen molar-refractivity contribution in [1.82, 2.24) is 10.8 Å². The second-order valence-electron chi connectivity index (χ2n) is 3.72. The highest BCUT2D eigenvalue weighted by Gasteiger charge is 2.08. The summed E-state index contributed by atoms with van der Waals surface area (Å²) in [6.45, 7) is 11.3. The zero-order valence-electron chi connectivity index (χ0n) is 11.5. The van der Waals surface area contributed by atoms with E-state index in [2.05, 4.69) is 24.0 Å². The van der Waals surface area contributed by atoms with Crippen LogP contribution in [0.25, 0.3) is 0 Å². The first-order chi connectivity index (χ1) is 9.06. The summed E-state index contributed by atoms with van der Waals surface area (Å²) in [6, 6.07) is 0. The molecule has 0 heterocycles. The Morgan fingerprint density at radius 1 is 1.47 bits per heavy atom. The van der Waals surface area contributed by atoms with Gasteiger partial charge in [0.15, 0.2) is 0 Å². The second kappa shape index (κ2) is 10.4. The number of rotatable bonds is 9. The average molecular weight is 285 g/mol. The SMILES string of the molecule is C=CNC(=C)/C(CONC(=O)CCC)=C(Cl)\C=C/C. The van der Waals surface area contributed by atoms with Gasteiger partial charge in [0.25, 0.3) is 0 Å². The number of amides is 1. The van der Waals surface area contributed by atoms with Crippen LogP contribution in [0.3, 0.4) is 0 Å². The molecule has 1 amide bonds. The lowest BCUT2D eigenvalue weighted by atomic mass is 10.2. The highest BCUT2D eigenvalue weighted by atomic mass is 35.5. The molecular weight excluding hydrogens is 264 g/mol. The molecule has 0 aliphatic carbocycles. The van der Waals surface area contributed by atoms with Crippen molar-refractivity contribution >= 4 is 17.5 Å². The van der Waals surface area contributed by atoms with Crippen molar-refractivity contribution in [2.24, 2.45) is 0 Å². The minimum Gasteiger partial charge on any atom is -0.362 e. The summed E-state index contributed by atoms with van der Waals surface area (Å²) in [7, 11) is 0. The van der Waals surface area contributed by atoms with Gasteiger partial charge in [0.1, 0.15) is 6.61 Å². The molecule has 0 unspecified atom stereocenters. The van der Waals surface area contributed by atoms with Crippen molar-refractivity contribution in [3.8, 4) is 0 Å². The fraction of sp³-hybridized carbons (Fsp3) is 0.357. The van der Waals surface area contributed by atoms with Crippen LogP contribution >= 0.6 is 11.6 Å². The predicted octanol–water partition coefficient (Wildman–Crippen LogP) is 3.15. The molecule has 0 aliphatic heterocycles. The van der Waals surface area contributed by atoms with E-state index in [0.29, 0.717) is 22.7 Å². The summed E-state index contributed by atoms with van der Waals surface area (Å²) in [5.74, 6) is -0.161. The predicted molar refractivity (Wildman–Crippen MR) is 79.2 cm³/mol. The van der Waals surface area contributed by atoms with Crippen LogP contribution in [0.2, 0.25) is 0 Å². The summed E-state index contributed by atoms with van der Waals surface area (Å²) < 4.78 is 0. The lowest BCUT2D eigenvalue weighted by molar-refractivity contribution is -0.132. The van der Waals surface area contributed by atoms with E-state index >= 15 is 0 Å². The lowest BCUT2D eigenvalue weighted by Gasteiger charge is -2.13. The summed E-state index contributed by atoms with van der Waals surface area (Å²) in [6.07, 6.45) is 6.22. The highest BCUT2D eigenvalue weighted by Crippen LogP contribution is 2.17. The van der Waals surface area contributed by atoms with E-state index in [0.717, 1.165) is 6.42 Å². The first-order valence-electron chi connectivity index (χ1n) is 6.05. The Kier molecular flexibility index (Phi) is 9.57. The van der Waals surface area contributed by atoms with Crippen LogP contribution in [0.1, 0.15) is 26.7 Å². The smallest absolute Gasteiger partial charge is 0.243 e. The number of carbonyl (C=O) groups is 1. The van der Waals surface area contributed by atoms with Gasteiger partial charge in [-0.3, -0.25) is 9.63 Å². The third-order valence-electron chi connectivity index (χ3n) is 2.12. The summed E-state index contributed by atoms with van der Waals surface area (Å²) in [4.78, 5) is 16.4. The van der Waals surface area contributed by atoms with Crippen molar-refractivity contribution < 1.29 is 9.63 Å². The Labute approximate surface area is 119 Å². The van der Waals surface area contributed by atoms with Gasteiger partial charge in [-0.2, -0.15) is 0 Å². The Hall–Kier alpha value is -1.52. The van der Waals surface area contributed by atoms with Crippen molar-refractivity contribution in [1.29, 1.82) is 0 Å². The molecule has 0 fully saturated rings. The number of halogens is 1. The molecule has 0 saturated heterocycles. The standard InChI is InChI=1S/C14H21ClN2O2/c1-5-8-13(15)12(11(4)16-7-3)10-19-17-14(18)9-6-2/h5,7-8,16H,3-4,6,9-10H2,1-2H3,(H,17,18)/b8-5-,13-12+. The molecule has 2 N–H and O–H groups in total. The fourth-order valence-corrected chi connectivity index (χ4v) is 1.52. The zero-order chi connectivity index (χ0) is 14.7. The van der Waals surface area contributed by atoms with E-state index in [4.69, 9.17) is 16.4 Å². The Balaban J connectivity index is 4.61. The zero-order valence-corrected chi connectivity index (χ0v) is 12.2. The van der Waals surface area contributed by atoms with E-state index in [1.807, 2.05) is 13.8 Å². The number of hydroxylamine groups is 1. The number of carbonyl (C=O) groups excluding carboxylic acids is 1. The van der Waals surface area contributed by atoms with Crippen molar-refractivity contribution in [3.63, 3.8) is 0 Å². The van der Waals surface area contributed by atoms with Crippen LogP contribution in [-0.4, -0.2) is 12.5 Å². The first-order valence-corrected chi connectivity index (χ1v) is 6.43. The van der Waals surface area contributed by atoms with Crippen molar-refractivity contribution in [2.45, 2.75) is 26.7 Å². The maximum atomic E-state index is 11.3. The van der Waals surface area contributed by atoms with Gasteiger partial charge in [-0.05, 0) is 25.6 Å². The van der Waals surface area contributed by atoms with Crippen LogP contribution in [0.15, 0.2) is 47.8 Å². The monoisotopic (exact) mass is 284 g/mol. The molecule has 0 aromatic rings. The summed E-state index contributed by atoms with van der Waals surface area (Å²) >= 11 is 6.12. The molecule has 5 heteroatoms. The molecule has 106 valence electrons. The van der Waals surface area contributed by atoms with Gasteiger partial charge in [0.2, 0.25) is 5.91 Å². The Morgan fingerprint density at radius 3 is 2.68 bits per heavy atom. The maximum absolute atomic E-state index is 11.3. The molecule has 0 aliphatic rings. The highest BCUT2D eigenvalue weighted by molar-refractivity contribution is 6.31. The second-order valence-corrected chi connectivity index (χ2v) is 4.12. The van der Waals surface area contributed by atoms with Gasteiger partial charge in [0.05, 0.1) is 0 Å². The minimum atomic E-state index is -0.161. The van der Waals surface area contributed by atoms with Crippen LogP contribution in [0.5, 0.6) is 0 Å². The van der Waals surface area contributed by atoms with Gasteiger partial charge in [-0.25, -0.2) is 5.48 Å². The number of hydrogen-bond donors (Lipinski definition) is 2. The maximum Gasteiger partial charge on any atom is 0.243 e. The van der Waals surface area contributed by atoms with E-state index in [1.165, 1.54) is 6.20 Å². The van der Waals surface area contributed by atoms with E-state index < -0.39 is 0 Å². The van der Waals surface area contributed by atoms with Gasteiger partial charge in [-0.1, -0.05) is 37.8 Å². The molecule has 0 aromatic heterocycles. The number of hydrogen-bond acceptors (Lipinski definition) is 3. The third-order valence-corrected chi connectivity index (χ3v) is 2.48. The van der Waals surface area contributed by atoms with E-state index in [-0.39, 0.29) is 12.5 Å². The lowest BCUT2D eigenvalue weighted by Crippen LogP contribution is -2.25. The quantitative estimate of drug-likeness (QED) is 0.505. The van der Waals surface area contributed by atoms with Crippen molar-refractivity contribution in [3.05, 3.63) is 47.8 Å². The van der Waals surface area contributed by atoms with Gasteiger partial charge in [0, 0.05) is 22.7 Å². The van der Waals surface area contributed by atoms with Crippen LogP contribution in [0.4, 0.5) is 0 Å². The van der Waals surface area contributed by atoms with Crippen LogP contribution < -0.4 is 10.8 Å². The Bertz CT molecular complexity index is 387. The van der Waals surface area contributed by atoms with Crippen LogP contribution in [-0.2, 0) is 9.63 Å². The summed E-state index contributed by atoms with van der Waals surface area (Å²) in [5.41, 5.74) is 3.58. The Morgan fingerprint density at radius 2 is 2.16 bits per heavy atom. The van der Waals surface area contributed by atoms with Gasteiger partial charge >= 0.3 is 0 Å². The van der Waals surface area contributed by atoms with Crippen LogP contribution in [0, 0.1) is 0 Å². The molecule has 0 rings (SSSR count). The van der Waals surface area contributed by atoms with E-state index in [9.17, 15) is 4.79 Å². The minimum absolute atomic E-state index is 0.123. The van der Waals surface area contributed by atoms with Gasteiger partial charge in [-0.15, -0.1) is 0 Å².